The van der Waals surface area contributed by atoms with Crippen molar-refractivity contribution in [3.05, 3.63) is 0 Å². The van der Waals surface area contributed by atoms with Crippen molar-refractivity contribution in [1.82, 2.24) is 9.80 Å². The third-order valence-corrected chi connectivity index (χ3v) is 4.16. The summed E-state index contributed by atoms with van der Waals surface area (Å²) in [4.78, 5) is 27.2. The van der Waals surface area contributed by atoms with E-state index in [2.05, 4.69) is 0 Å². The summed E-state index contributed by atoms with van der Waals surface area (Å²) in [5.41, 5.74) is 0. The zero-order chi connectivity index (χ0) is 13.7. The number of carboxylic acids is 1. The Morgan fingerprint density at radius 2 is 1.58 bits per heavy atom. The van der Waals surface area contributed by atoms with Gasteiger partial charge in [0.1, 0.15) is 0 Å². The van der Waals surface area contributed by atoms with Crippen LogP contribution in [0.1, 0.15) is 51.4 Å². The van der Waals surface area contributed by atoms with Crippen LogP contribution in [0.25, 0.3) is 0 Å². The lowest BCUT2D eigenvalue weighted by Gasteiger charge is -2.38. The van der Waals surface area contributed by atoms with Gasteiger partial charge in [-0.1, -0.05) is 12.8 Å². The zero-order valence-corrected chi connectivity index (χ0v) is 11.5. The largest absolute Gasteiger partial charge is 0.481 e. The Balaban J connectivity index is 1.99. The van der Waals surface area contributed by atoms with Crippen LogP contribution in [-0.4, -0.2) is 52.6 Å². The molecule has 5 nitrogen and oxygen atoms in total. The number of aliphatic carboxylic acids is 1. The molecule has 1 atom stereocenters. The maximum absolute atomic E-state index is 12.6. The Kier molecular flexibility index (Phi) is 5.05. The number of piperidine rings is 1. The molecule has 0 aromatic heterocycles. The zero-order valence-electron chi connectivity index (χ0n) is 11.5. The fraction of sp³-hybridized carbons (Fsp3) is 0.857. The fourth-order valence-corrected chi connectivity index (χ4v) is 3.11. The fourth-order valence-electron chi connectivity index (χ4n) is 3.11. The summed E-state index contributed by atoms with van der Waals surface area (Å²) in [7, 11) is 0. The third-order valence-electron chi connectivity index (χ3n) is 4.16. The van der Waals surface area contributed by atoms with E-state index < -0.39 is 5.97 Å². The van der Waals surface area contributed by atoms with Crippen molar-refractivity contribution in [3.8, 4) is 0 Å². The Labute approximate surface area is 114 Å². The number of carbonyl (C=O) groups excluding carboxylic acids is 1. The van der Waals surface area contributed by atoms with E-state index in [1.165, 1.54) is 12.8 Å². The molecule has 2 rings (SSSR count). The van der Waals surface area contributed by atoms with Gasteiger partial charge in [-0.25, -0.2) is 4.79 Å². The highest BCUT2D eigenvalue weighted by Gasteiger charge is 2.31. The summed E-state index contributed by atoms with van der Waals surface area (Å²) in [5.74, 6) is -0.805. The number of amides is 2. The van der Waals surface area contributed by atoms with Gasteiger partial charge in [0.15, 0.2) is 0 Å². The number of hydrogen-bond acceptors (Lipinski definition) is 2. The normalized spacial score (nSPS) is 24.9. The molecule has 0 bridgehead atoms. The third kappa shape index (κ3) is 3.85. The highest BCUT2D eigenvalue weighted by molar-refractivity contribution is 5.76. The van der Waals surface area contributed by atoms with Crippen molar-refractivity contribution in [2.75, 3.05) is 19.6 Å². The molecule has 5 heteroatoms. The molecule has 1 N–H and O–H groups in total. The lowest BCUT2D eigenvalue weighted by atomic mass is 10.00. The van der Waals surface area contributed by atoms with Crippen LogP contribution in [0.2, 0.25) is 0 Å². The maximum Gasteiger partial charge on any atom is 0.320 e. The van der Waals surface area contributed by atoms with E-state index in [9.17, 15) is 9.59 Å². The van der Waals surface area contributed by atoms with E-state index in [0.717, 1.165) is 45.2 Å². The molecule has 2 fully saturated rings. The summed E-state index contributed by atoms with van der Waals surface area (Å²) >= 11 is 0. The molecule has 1 unspecified atom stereocenters. The molecular formula is C14H24N2O3. The average Bonchev–Trinajstić information content (AvgIpc) is 2.67. The maximum atomic E-state index is 12.6. The van der Waals surface area contributed by atoms with E-state index in [-0.39, 0.29) is 18.5 Å². The Hall–Kier alpha value is -1.26. The van der Waals surface area contributed by atoms with Crippen LogP contribution in [0.4, 0.5) is 4.79 Å². The van der Waals surface area contributed by atoms with Crippen LogP contribution in [-0.2, 0) is 4.79 Å². The van der Waals surface area contributed by atoms with Crippen LogP contribution < -0.4 is 0 Å². The molecule has 0 radical (unpaired) electrons. The van der Waals surface area contributed by atoms with Gasteiger partial charge >= 0.3 is 12.0 Å². The number of hydrogen-bond donors (Lipinski definition) is 1. The summed E-state index contributed by atoms with van der Waals surface area (Å²) in [6.45, 7) is 2.37. The van der Waals surface area contributed by atoms with Crippen LogP contribution in [0.3, 0.4) is 0 Å². The van der Waals surface area contributed by atoms with Gasteiger partial charge < -0.3 is 14.9 Å². The van der Waals surface area contributed by atoms with E-state index in [4.69, 9.17) is 5.11 Å². The van der Waals surface area contributed by atoms with Gasteiger partial charge in [-0.05, 0) is 32.1 Å². The molecule has 19 heavy (non-hydrogen) atoms. The smallest absolute Gasteiger partial charge is 0.320 e. The van der Waals surface area contributed by atoms with Gasteiger partial charge in [0.25, 0.3) is 0 Å². The average molecular weight is 268 g/mol. The van der Waals surface area contributed by atoms with Gasteiger partial charge in [-0.3, -0.25) is 4.79 Å². The second kappa shape index (κ2) is 6.78. The summed E-state index contributed by atoms with van der Waals surface area (Å²) in [6, 6.07) is -0.0464. The SMILES string of the molecule is O=C(O)CC1CCCCN1C(=O)N1CCCCCC1. The number of urea groups is 1. The quantitative estimate of drug-likeness (QED) is 0.836. The second-order valence-electron chi connectivity index (χ2n) is 5.62. The first-order chi connectivity index (χ1) is 9.18. The lowest BCUT2D eigenvalue weighted by Crippen LogP contribution is -2.51. The number of nitrogens with zero attached hydrogens (tertiary/aromatic N) is 2. The Bertz CT molecular complexity index is 325. The van der Waals surface area contributed by atoms with Crippen molar-refractivity contribution in [2.45, 2.75) is 57.4 Å². The number of carboxylic acid groups (broad SMARTS) is 1. The van der Waals surface area contributed by atoms with Crippen LogP contribution >= 0.6 is 0 Å². The minimum absolute atomic E-state index is 0.0628. The van der Waals surface area contributed by atoms with E-state index in [0.29, 0.717) is 6.54 Å². The molecule has 0 spiro atoms. The van der Waals surface area contributed by atoms with Crippen molar-refractivity contribution in [3.63, 3.8) is 0 Å². The van der Waals surface area contributed by atoms with Crippen LogP contribution in [0, 0.1) is 0 Å². The van der Waals surface area contributed by atoms with E-state index in [1.54, 1.807) is 0 Å². The first-order valence-corrected chi connectivity index (χ1v) is 7.46. The molecule has 2 aliphatic heterocycles. The molecule has 0 aromatic rings. The van der Waals surface area contributed by atoms with Crippen molar-refractivity contribution in [1.29, 1.82) is 0 Å². The number of likely N-dealkylation sites (tertiary alicyclic amines) is 2. The minimum atomic E-state index is -0.805. The molecular weight excluding hydrogens is 244 g/mol. The topological polar surface area (TPSA) is 60.9 Å². The minimum Gasteiger partial charge on any atom is -0.481 e. The van der Waals surface area contributed by atoms with Gasteiger partial charge in [0.2, 0.25) is 0 Å². The first kappa shape index (κ1) is 14.2. The van der Waals surface area contributed by atoms with Crippen LogP contribution in [0.15, 0.2) is 0 Å². The summed E-state index contributed by atoms with van der Waals surface area (Å²) < 4.78 is 0. The van der Waals surface area contributed by atoms with E-state index >= 15 is 0 Å². The van der Waals surface area contributed by atoms with Crippen molar-refractivity contribution in [2.24, 2.45) is 0 Å². The van der Waals surface area contributed by atoms with Gasteiger partial charge in [0, 0.05) is 25.7 Å². The molecule has 2 amide bonds. The summed E-state index contributed by atoms with van der Waals surface area (Å²) in [6.07, 6.45) is 7.47. The molecule has 0 aliphatic carbocycles. The molecule has 2 heterocycles. The predicted molar refractivity (Wildman–Crippen MR) is 72.0 cm³/mol. The Morgan fingerprint density at radius 1 is 0.947 bits per heavy atom. The highest BCUT2D eigenvalue weighted by atomic mass is 16.4. The Morgan fingerprint density at radius 3 is 2.21 bits per heavy atom. The summed E-state index contributed by atoms with van der Waals surface area (Å²) in [5, 5.41) is 8.97. The molecule has 108 valence electrons. The van der Waals surface area contributed by atoms with E-state index in [1.807, 2.05) is 9.80 Å². The number of carbonyl (C=O) groups is 2. The van der Waals surface area contributed by atoms with Crippen LogP contribution in [0.5, 0.6) is 0 Å². The second-order valence-corrected chi connectivity index (χ2v) is 5.62. The highest BCUT2D eigenvalue weighted by Crippen LogP contribution is 2.22. The first-order valence-electron chi connectivity index (χ1n) is 7.46. The predicted octanol–water partition coefficient (Wildman–Crippen LogP) is 2.31. The molecule has 0 aromatic carbocycles. The van der Waals surface area contributed by atoms with Gasteiger partial charge in [0.05, 0.1) is 6.42 Å². The molecule has 2 aliphatic rings. The number of rotatable bonds is 2. The molecule has 2 saturated heterocycles. The van der Waals surface area contributed by atoms with Crippen molar-refractivity contribution >= 4 is 12.0 Å². The van der Waals surface area contributed by atoms with Gasteiger partial charge in [-0.2, -0.15) is 0 Å². The molecule has 0 saturated carbocycles. The monoisotopic (exact) mass is 268 g/mol. The standard InChI is InChI=1S/C14H24N2O3/c17-13(18)11-12-7-3-6-10-16(12)14(19)15-8-4-1-2-5-9-15/h12H,1-11H2,(H,17,18). The van der Waals surface area contributed by atoms with Crippen molar-refractivity contribution < 1.29 is 14.7 Å². The van der Waals surface area contributed by atoms with Gasteiger partial charge in [-0.15, -0.1) is 0 Å². The lowest BCUT2D eigenvalue weighted by molar-refractivity contribution is -0.138.